The SMILES string of the molecule is COC(=O)Cn1c(=NC(=O)c2ccccc2Cl)sc2ccc(Cl)c(C)c21. The van der Waals surface area contributed by atoms with E-state index in [1.807, 2.05) is 13.0 Å². The summed E-state index contributed by atoms with van der Waals surface area (Å²) in [6, 6.07) is 10.3. The highest BCUT2D eigenvalue weighted by molar-refractivity contribution is 7.16. The number of halogens is 2. The van der Waals surface area contributed by atoms with Gasteiger partial charge in [0.25, 0.3) is 5.91 Å². The van der Waals surface area contributed by atoms with Crippen LogP contribution in [0.25, 0.3) is 10.2 Å². The normalized spacial score (nSPS) is 11.8. The number of hydrogen-bond donors (Lipinski definition) is 0. The van der Waals surface area contributed by atoms with Gasteiger partial charge in [-0.3, -0.25) is 9.59 Å². The van der Waals surface area contributed by atoms with Gasteiger partial charge in [-0.05, 0) is 36.8 Å². The van der Waals surface area contributed by atoms with Gasteiger partial charge < -0.3 is 9.30 Å². The summed E-state index contributed by atoms with van der Waals surface area (Å²) < 4.78 is 7.27. The number of amides is 1. The zero-order valence-electron chi connectivity index (χ0n) is 14.0. The first kappa shape index (κ1) is 18.6. The quantitative estimate of drug-likeness (QED) is 0.609. The summed E-state index contributed by atoms with van der Waals surface area (Å²) in [6.45, 7) is 1.77. The lowest BCUT2D eigenvalue weighted by molar-refractivity contribution is -0.141. The Morgan fingerprint density at radius 2 is 1.88 bits per heavy atom. The largest absolute Gasteiger partial charge is 0.468 e. The minimum absolute atomic E-state index is 0.0771. The molecule has 8 heteroatoms. The highest BCUT2D eigenvalue weighted by Gasteiger charge is 2.16. The molecular weight excluding hydrogens is 395 g/mol. The van der Waals surface area contributed by atoms with E-state index in [1.165, 1.54) is 18.4 Å². The van der Waals surface area contributed by atoms with Gasteiger partial charge in [-0.25, -0.2) is 0 Å². The van der Waals surface area contributed by atoms with Crippen LogP contribution in [-0.4, -0.2) is 23.6 Å². The van der Waals surface area contributed by atoms with Crippen LogP contribution in [0.2, 0.25) is 10.0 Å². The van der Waals surface area contributed by atoms with Crippen molar-refractivity contribution >= 4 is 56.6 Å². The summed E-state index contributed by atoms with van der Waals surface area (Å²) in [5.41, 5.74) is 1.85. The van der Waals surface area contributed by atoms with Crippen LogP contribution in [0.1, 0.15) is 15.9 Å². The van der Waals surface area contributed by atoms with E-state index in [-0.39, 0.29) is 6.54 Å². The van der Waals surface area contributed by atoms with Crippen molar-refractivity contribution in [3.8, 4) is 0 Å². The standard InChI is InChI=1S/C18H14Cl2N2O3S/c1-10-12(19)7-8-14-16(10)22(9-15(23)25-2)18(26-14)21-17(24)11-5-3-4-6-13(11)20/h3-8H,9H2,1-2H3. The van der Waals surface area contributed by atoms with Gasteiger partial charge in [0.1, 0.15) is 6.54 Å². The van der Waals surface area contributed by atoms with Crippen molar-refractivity contribution in [3.05, 3.63) is 62.4 Å². The van der Waals surface area contributed by atoms with Gasteiger partial charge in [-0.2, -0.15) is 4.99 Å². The molecule has 1 aromatic heterocycles. The van der Waals surface area contributed by atoms with Crippen molar-refractivity contribution < 1.29 is 14.3 Å². The summed E-state index contributed by atoms with van der Waals surface area (Å²) in [7, 11) is 1.31. The third-order valence-corrected chi connectivity index (χ3v) is 5.63. The summed E-state index contributed by atoms with van der Waals surface area (Å²) in [6.07, 6.45) is 0. The number of esters is 1. The highest BCUT2D eigenvalue weighted by Crippen LogP contribution is 2.27. The number of nitrogens with zero attached hydrogens (tertiary/aromatic N) is 2. The van der Waals surface area contributed by atoms with Crippen LogP contribution in [0.15, 0.2) is 41.4 Å². The lowest BCUT2D eigenvalue weighted by atomic mass is 10.2. The van der Waals surface area contributed by atoms with Crippen molar-refractivity contribution in [3.63, 3.8) is 0 Å². The number of fused-ring (bicyclic) bond motifs is 1. The van der Waals surface area contributed by atoms with E-state index in [2.05, 4.69) is 4.99 Å². The Balaban J connectivity index is 2.23. The molecule has 0 unspecified atom stereocenters. The molecule has 0 fully saturated rings. The summed E-state index contributed by atoms with van der Waals surface area (Å²) in [5.74, 6) is -0.930. The number of carbonyl (C=O) groups is 2. The molecule has 3 rings (SSSR count). The molecule has 0 aliphatic carbocycles. The molecular formula is C18H14Cl2N2O3S. The number of ether oxygens (including phenoxy) is 1. The predicted molar refractivity (Wildman–Crippen MR) is 103 cm³/mol. The molecule has 0 saturated carbocycles. The monoisotopic (exact) mass is 408 g/mol. The van der Waals surface area contributed by atoms with Crippen LogP contribution in [0.5, 0.6) is 0 Å². The zero-order chi connectivity index (χ0) is 18.8. The summed E-state index contributed by atoms with van der Waals surface area (Å²) in [5, 5.41) is 0.888. The molecule has 0 aliphatic heterocycles. The first-order chi connectivity index (χ1) is 12.4. The van der Waals surface area contributed by atoms with Crippen molar-refractivity contribution in [2.75, 3.05) is 7.11 Å². The van der Waals surface area contributed by atoms with E-state index < -0.39 is 11.9 Å². The van der Waals surface area contributed by atoms with Gasteiger partial charge in [0.15, 0.2) is 4.80 Å². The maximum atomic E-state index is 12.6. The number of hydrogen-bond acceptors (Lipinski definition) is 4. The van der Waals surface area contributed by atoms with Gasteiger partial charge >= 0.3 is 5.97 Å². The molecule has 3 aromatic rings. The minimum Gasteiger partial charge on any atom is -0.468 e. The molecule has 0 atom stereocenters. The Kier molecular flexibility index (Phi) is 5.46. The van der Waals surface area contributed by atoms with Crippen molar-refractivity contribution in [1.29, 1.82) is 0 Å². The van der Waals surface area contributed by atoms with Crippen molar-refractivity contribution in [2.45, 2.75) is 13.5 Å². The first-order valence-corrected chi connectivity index (χ1v) is 9.18. The van der Waals surface area contributed by atoms with E-state index in [4.69, 9.17) is 27.9 Å². The van der Waals surface area contributed by atoms with Crippen molar-refractivity contribution in [1.82, 2.24) is 4.57 Å². The molecule has 0 saturated heterocycles. The molecule has 0 spiro atoms. The molecule has 0 bridgehead atoms. The number of rotatable bonds is 3. The maximum Gasteiger partial charge on any atom is 0.325 e. The number of aromatic nitrogens is 1. The Labute approximate surface area is 163 Å². The maximum absolute atomic E-state index is 12.6. The molecule has 2 aromatic carbocycles. The molecule has 134 valence electrons. The molecule has 1 amide bonds. The van der Waals surface area contributed by atoms with E-state index in [0.29, 0.717) is 20.4 Å². The second-order valence-corrected chi connectivity index (χ2v) is 7.29. The summed E-state index contributed by atoms with van der Waals surface area (Å²) in [4.78, 5) is 29.0. The third-order valence-electron chi connectivity index (χ3n) is 3.85. The number of thiazole rings is 1. The molecule has 26 heavy (non-hydrogen) atoms. The van der Waals surface area contributed by atoms with Crippen molar-refractivity contribution in [2.24, 2.45) is 4.99 Å². The smallest absolute Gasteiger partial charge is 0.325 e. The second-order valence-electron chi connectivity index (χ2n) is 5.46. The third kappa shape index (κ3) is 3.53. The Morgan fingerprint density at radius 1 is 1.15 bits per heavy atom. The molecule has 5 nitrogen and oxygen atoms in total. The average Bonchev–Trinajstić information content (AvgIpc) is 2.96. The highest BCUT2D eigenvalue weighted by atomic mass is 35.5. The van der Waals surface area contributed by atoms with Crippen LogP contribution in [0.3, 0.4) is 0 Å². The second kappa shape index (κ2) is 7.61. The van der Waals surface area contributed by atoms with Gasteiger partial charge in [0.05, 0.1) is 27.9 Å². The van der Waals surface area contributed by atoms with Gasteiger partial charge in [-0.15, -0.1) is 0 Å². The average molecular weight is 409 g/mol. The number of methoxy groups -OCH3 is 1. The van der Waals surface area contributed by atoms with Crippen LogP contribution < -0.4 is 4.80 Å². The fraction of sp³-hybridized carbons (Fsp3) is 0.167. The minimum atomic E-state index is -0.482. The fourth-order valence-electron chi connectivity index (χ4n) is 2.52. The first-order valence-electron chi connectivity index (χ1n) is 7.61. The number of aryl methyl sites for hydroxylation is 1. The Bertz CT molecular complexity index is 1090. The Hall–Kier alpha value is -2.15. The van der Waals surface area contributed by atoms with E-state index in [9.17, 15) is 9.59 Å². The van der Waals surface area contributed by atoms with Crippen LogP contribution in [0, 0.1) is 6.92 Å². The van der Waals surface area contributed by atoms with Crippen LogP contribution >= 0.6 is 34.5 Å². The van der Waals surface area contributed by atoms with E-state index in [0.717, 1.165) is 15.8 Å². The van der Waals surface area contributed by atoms with Gasteiger partial charge in [0, 0.05) is 5.02 Å². The molecule has 0 N–H and O–H groups in total. The topological polar surface area (TPSA) is 60.7 Å². The van der Waals surface area contributed by atoms with Gasteiger partial charge in [-0.1, -0.05) is 46.7 Å². The lowest BCUT2D eigenvalue weighted by Crippen LogP contribution is -2.22. The molecule has 0 radical (unpaired) electrons. The lowest BCUT2D eigenvalue weighted by Gasteiger charge is -2.07. The van der Waals surface area contributed by atoms with Crippen LogP contribution in [-0.2, 0) is 16.1 Å². The number of carbonyl (C=O) groups excluding carboxylic acids is 2. The van der Waals surface area contributed by atoms with Gasteiger partial charge in [0.2, 0.25) is 0 Å². The summed E-state index contributed by atoms with van der Waals surface area (Å²) >= 11 is 13.6. The van der Waals surface area contributed by atoms with Crippen LogP contribution in [0.4, 0.5) is 0 Å². The zero-order valence-corrected chi connectivity index (χ0v) is 16.3. The predicted octanol–water partition coefficient (Wildman–Crippen LogP) is 4.23. The Morgan fingerprint density at radius 3 is 2.58 bits per heavy atom. The van der Waals surface area contributed by atoms with E-state index >= 15 is 0 Å². The fourth-order valence-corrected chi connectivity index (χ4v) is 3.98. The van der Waals surface area contributed by atoms with E-state index in [1.54, 1.807) is 34.9 Å². The molecule has 1 heterocycles. The number of benzene rings is 2. The molecule has 0 aliphatic rings.